The molecular weight excluding hydrogens is 390 g/mol. The zero-order valence-corrected chi connectivity index (χ0v) is 18.9. The standard InChI is InChI=1S/C26H31NO4/c1-17(2)16-30-21-8-6-20(7-9-21)25(29)27-13-11-26(12-14-27)15-23(28)22-10-5-18(3)19(4)24(22)31-26/h5-10,17H,11-16H2,1-4H3. The van der Waals surface area contributed by atoms with Crippen molar-refractivity contribution < 1.29 is 19.1 Å². The minimum atomic E-state index is -0.506. The van der Waals surface area contributed by atoms with Gasteiger partial charge in [-0.15, -0.1) is 0 Å². The zero-order chi connectivity index (χ0) is 22.2. The number of piperidine rings is 1. The molecule has 2 aliphatic rings. The fourth-order valence-electron chi connectivity index (χ4n) is 4.32. The quantitative estimate of drug-likeness (QED) is 0.699. The Bertz CT molecular complexity index is 985. The molecule has 31 heavy (non-hydrogen) atoms. The van der Waals surface area contributed by atoms with Crippen LogP contribution >= 0.6 is 0 Å². The van der Waals surface area contributed by atoms with Crippen LogP contribution in [0.2, 0.25) is 0 Å². The number of hydrogen-bond donors (Lipinski definition) is 0. The first-order valence-electron chi connectivity index (χ1n) is 11.1. The van der Waals surface area contributed by atoms with E-state index in [0.717, 1.165) is 22.6 Å². The number of ketones is 1. The van der Waals surface area contributed by atoms with Crippen molar-refractivity contribution in [3.8, 4) is 11.5 Å². The van der Waals surface area contributed by atoms with Crippen LogP contribution in [0.3, 0.4) is 0 Å². The molecule has 1 fully saturated rings. The molecule has 0 radical (unpaired) electrons. The van der Waals surface area contributed by atoms with Gasteiger partial charge in [-0.1, -0.05) is 19.9 Å². The molecule has 0 aliphatic carbocycles. The number of aryl methyl sites for hydroxylation is 1. The van der Waals surface area contributed by atoms with Gasteiger partial charge in [0, 0.05) is 31.5 Å². The summed E-state index contributed by atoms with van der Waals surface area (Å²) < 4.78 is 12.2. The summed E-state index contributed by atoms with van der Waals surface area (Å²) in [5.41, 5.74) is 2.99. The van der Waals surface area contributed by atoms with Gasteiger partial charge in [0.25, 0.3) is 5.91 Å². The molecule has 1 spiro atoms. The van der Waals surface area contributed by atoms with Gasteiger partial charge >= 0.3 is 0 Å². The number of carbonyl (C=O) groups is 2. The first kappa shape index (κ1) is 21.4. The van der Waals surface area contributed by atoms with Crippen molar-refractivity contribution >= 4 is 11.7 Å². The van der Waals surface area contributed by atoms with Crippen LogP contribution in [0, 0.1) is 19.8 Å². The monoisotopic (exact) mass is 421 g/mol. The predicted octanol–water partition coefficient (Wildman–Crippen LogP) is 4.98. The highest BCUT2D eigenvalue weighted by Crippen LogP contribution is 2.41. The lowest BCUT2D eigenvalue weighted by Crippen LogP contribution is -2.52. The summed E-state index contributed by atoms with van der Waals surface area (Å²) in [6.45, 7) is 10.1. The highest BCUT2D eigenvalue weighted by molar-refractivity contribution is 6.01. The summed E-state index contributed by atoms with van der Waals surface area (Å²) in [4.78, 5) is 27.7. The molecule has 1 amide bonds. The van der Waals surface area contributed by atoms with E-state index in [9.17, 15) is 9.59 Å². The van der Waals surface area contributed by atoms with Gasteiger partial charge in [-0.25, -0.2) is 0 Å². The molecule has 2 heterocycles. The van der Waals surface area contributed by atoms with Crippen LogP contribution < -0.4 is 9.47 Å². The van der Waals surface area contributed by atoms with Gasteiger partial charge in [-0.3, -0.25) is 9.59 Å². The minimum absolute atomic E-state index is 0.0137. The fourth-order valence-corrected chi connectivity index (χ4v) is 4.32. The van der Waals surface area contributed by atoms with Crippen LogP contribution in [0.25, 0.3) is 0 Å². The number of ether oxygens (including phenoxy) is 2. The van der Waals surface area contributed by atoms with E-state index in [-0.39, 0.29) is 11.7 Å². The van der Waals surface area contributed by atoms with E-state index in [2.05, 4.69) is 13.8 Å². The smallest absolute Gasteiger partial charge is 0.253 e. The summed E-state index contributed by atoms with van der Waals surface area (Å²) in [6, 6.07) is 11.2. The van der Waals surface area contributed by atoms with Crippen molar-refractivity contribution in [2.75, 3.05) is 19.7 Å². The third kappa shape index (κ3) is 4.32. The van der Waals surface area contributed by atoms with Crippen LogP contribution in [0.1, 0.15) is 65.0 Å². The molecule has 5 heteroatoms. The van der Waals surface area contributed by atoms with Crippen molar-refractivity contribution in [2.24, 2.45) is 5.92 Å². The maximum atomic E-state index is 13.0. The Balaban J connectivity index is 1.42. The van der Waals surface area contributed by atoms with E-state index in [0.29, 0.717) is 56.0 Å². The third-order valence-corrected chi connectivity index (χ3v) is 6.42. The van der Waals surface area contributed by atoms with E-state index in [1.807, 2.05) is 55.1 Å². The van der Waals surface area contributed by atoms with Crippen molar-refractivity contribution in [3.63, 3.8) is 0 Å². The molecule has 0 N–H and O–H groups in total. The zero-order valence-electron chi connectivity index (χ0n) is 18.9. The number of Topliss-reactive ketones (excluding diaryl/α,β-unsaturated/α-hetero) is 1. The van der Waals surface area contributed by atoms with Crippen molar-refractivity contribution in [1.29, 1.82) is 0 Å². The van der Waals surface area contributed by atoms with E-state index in [1.54, 1.807) is 0 Å². The number of nitrogens with zero attached hydrogens (tertiary/aromatic N) is 1. The SMILES string of the molecule is Cc1ccc2c(c1C)OC1(CCN(C(=O)c3ccc(OCC(C)C)cc3)CC1)CC2=O. The van der Waals surface area contributed by atoms with E-state index in [1.165, 1.54) is 0 Å². The second-order valence-electron chi connectivity index (χ2n) is 9.29. The molecule has 0 bridgehead atoms. The Morgan fingerprint density at radius 2 is 1.77 bits per heavy atom. The Labute approximate surface area is 184 Å². The van der Waals surface area contributed by atoms with Gasteiger partial charge in [0.05, 0.1) is 18.6 Å². The molecule has 1 saturated heterocycles. The normalized spacial score (nSPS) is 17.5. The van der Waals surface area contributed by atoms with Crippen molar-refractivity contribution in [2.45, 2.75) is 52.6 Å². The predicted molar refractivity (Wildman–Crippen MR) is 120 cm³/mol. The van der Waals surface area contributed by atoms with Crippen LogP contribution in [-0.4, -0.2) is 41.9 Å². The van der Waals surface area contributed by atoms with Gasteiger partial charge < -0.3 is 14.4 Å². The fraction of sp³-hybridized carbons (Fsp3) is 0.462. The average Bonchev–Trinajstić information content (AvgIpc) is 2.75. The summed E-state index contributed by atoms with van der Waals surface area (Å²) in [7, 11) is 0. The molecular formula is C26H31NO4. The topological polar surface area (TPSA) is 55.8 Å². The average molecular weight is 422 g/mol. The minimum Gasteiger partial charge on any atom is -0.493 e. The molecule has 4 rings (SSSR count). The largest absolute Gasteiger partial charge is 0.493 e. The van der Waals surface area contributed by atoms with E-state index < -0.39 is 5.60 Å². The number of amides is 1. The summed E-state index contributed by atoms with van der Waals surface area (Å²) in [5.74, 6) is 2.12. The van der Waals surface area contributed by atoms with Gasteiger partial charge in [-0.05, 0) is 61.2 Å². The number of benzene rings is 2. The van der Waals surface area contributed by atoms with Gasteiger partial charge in [-0.2, -0.15) is 0 Å². The second-order valence-corrected chi connectivity index (χ2v) is 9.29. The summed E-state index contributed by atoms with van der Waals surface area (Å²) in [5, 5.41) is 0. The lowest BCUT2D eigenvalue weighted by Gasteiger charge is -2.44. The molecule has 2 aliphatic heterocycles. The summed E-state index contributed by atoms with van der Waals surface area (Å²) >= 11 is 0. The molecule has 0 atom stereocenters. The molecule has 2 aromatic carbocycles. The molecule has 164 valence electrons. The maximum Gasteiger partial charge on any atom is 0.253 e. The summed E-state index contributed by atoms with van der Waals surface area (Å²) in [6.07, 6.45) is 1.70. The van der Waals surface area contributed by atoms with Gasteiger partial charge in [0.1, 0.15) is 17.1 Å². The third-order valence-electron chi connectivity index (χ3n) is 6.42. The lowest BCUT2D eigenvalue weighted by molar-refractivity contribution is -0.00620. The molecule has 5 nitrogen and oxygen atoms in total. The van der Waals surface area contributed by atoms with Gasteiger partial charge in [0.15, 0.2) is 5.78 Å². The number of carbonyl (C=O) groups excluding carboxylic acids is 2. The number of rotatable bonds is 4. The molecule has 0 saturated carbocycles. The highest BCUT2D eigenvalue weighted by atomic mass is 16.5. The van der Waals surface area contributed by atoms with Crippen LogP contribution in [0.15, 0.2) is 36.4 Å². The number of likely N-dealkylation sites (tertiary alicyclic amines) is 1. The second kappa shape index (κ2) is 8.37. The Kier molecular flexibility index (Phi) is 5.78. The van der Waals surface area contributed by atoms with Crippen molar-refractivity contribution in [3.05, 3.63) is 58.7 Å². The van der Waals surface area contributed by atoms with Crippen molar-refractivity contribution in [1.82, 2.24) is 4.90 Å². The van der Waals surface area contributed by atoms with Crippen LogP contribution in [-0.2, 0) is 0 Å². The molecule has 0 aromatic heterocycles. The number of hydrogen-bond acceptors (Lipinski definition) is 4. The first-order valence-corrected chi connectivity index (χ1v) is 11.1. The molecule has 0 unspecified atom stereocenters. The lowest BCUT2D eigenvalue weighted by atomic mass is 9.81. The van der Waals surface area contributed by atoms with E-state index >= 15 is 0 Å². The highest BCUT2D eigenvalue weighted by Gasteiger charge is 2.44. The van der Waals surface area contributed by atoms with Gasteiger partial charge in [0.2, 0.25) is 0 Å². The Hall–Kier alpha value is -2.82. The Morgan fingerprint density at radius 1 is 1.10 bits per heavy atom. The molecule has 2 aromatic rings. The van der Waals surface area contributed by atoms with Crippen LogP contribution in [0.4, 0.5) is 0 Å². The maximum absolute atomic E-state index is 13.0. The van der Waals surface area contributed by atoms with E-state index in [4.69, 9.17) is 9.47 Å². The van der Waals surface area contributed by atoms with Crippen LogP contribution in [0.5, 0.6) is 11.5 Å². The Morgan fingerprint density at radius 3 is 2.42 bits per heavy atom. The first-order chi connectivity index (χ1) is 14.8. The number of fused-ring (bicyclic) bond motifs is 1.